The molecule has 7 heteroatoms. The number of hydrogen-bond donors (Lipinski definition) is 3. The number of carbonyl (C=O) groups excluding carboxylic acids is 1. The van der Waals surface area contributed by atoms with Crippen molar-refractivity contribution in [2.45, 2.75) is 32.2 Å². The maximum atomic E-state index is 13.2. The van der Waals surface area contributed by atoms with Crippen LogP contribution in [0.15, 0.2) is 12.1 Å². The van der Waals surface area contributed by atoms with Gasteiger partial charge in [-0.25, -0.2) is 18.4 Å². The van der Waals surface area contributed by atoms with Crippen molar-refractivity contribution >= 4 is 17.7 Å². The quantitative estimate of drug-likeness (QED) is 0.782. The van der Waals surface area contributed by atoms with Crippen LogP contribution in [0.1, 0.15) is 36.5 Å². The van der Waals surface area contributed by atoms with Gasteiger partial charge in [0.25, 0.3) is 0 Å². The third-order valence-corrected chi connectivity index (χ3v) is 3.44. The van der Waals surface area contributed by atoms with Crippen molar-refractivity contribution in [2.24, 2.45) is 5.92 Å². The molecule has 0 heterocycles. The zero-order chi connectivity index (χ0) is 15.6. The molecule has 5 nitrogen and oxygen atoms in total. The molecule has 0 bridgehead atoms. The Hall–Kier alpha value is -2.18. The smallest absolute Gasteiger partial charge is 0.337 e. The van der Waals surface area contributed by atoms with E-state index in [1.165, 1.54) is 0 Å². The van der Waals surface area contributed by atoms with Gasteiger partial charge in [-0.05, 0) is 24.8 Å². The summed E-state index contributed by atoms with van der Waals surface area (Å²) in [7, 11) is 0. The molecular formula is C14H16F2N2O3. The molecule has 1 aliphatic carbocycles. The van der Waals surface area contributed by atoms with E-state index in [9.17, 15) is 18.4 Å². The normalized spacial score (nSPS) is 20.0. The number of carbonyl (C=O) groups is 2. The number of nitrogens with one attached hydrogen (secondary N) is 2. The van der Waals surface area contributed by atoms with Gasteiger partial charge in [-0.3, -0.25) is 0 Å². The first-order chi connectivity index (χ1) is 9.92. The highest BCUT2D eigenvalue weighted by Crippen LogP contribution is 2.34. The molecule has 1 aromatic rings. The van der Waals surface area contributed by atoms with Gasteiger partial charge in [-0.15, -0.1) is 0 Å². The number of hydrogen-bond acceptors (Lipinski definition) is 2. The molecule has 0 aliphatic heterocycles. The van der Waals surface area contributed by atoms with Gasteiger partial charge < -0.3 is 15.7 Å². The highest BCUT2D eigenvalue weighted by atomic mass is 19.2. The number of carboxylic acid groups (broad SMARTS) is 1. The predicted octanol–water partition coefficient (Wildman–Crippen LogP) is 2.97. The fourth-order valence-corrected chi connectivity index (χ4v) is 2.27. The lowest BCUT2D eigenvalue weighted by atomic mass is 10.1. The van der Waals surface area contributed by atoms with Gasteiger partial charge in [-0.1, -0.05) is 13.3 Å². The number of rotatable bonds is 5. The largest absolute Gasteiger partial charge is 0.478 e. The minimum atomic E-state index is -1.44. The van der Waals surface area contributed by atoms with E-state index in [1.54, 1.807) is 0 Å². The molecule has 21 heavy (non-hydrogen) atoms. The van der Waals surface area contributed by atoms with E-state index in [0.717, 1.165) is 19.3 Å². The maximum absolute atomic E-state index is 13.2. The number of benzene rings is 1. The van der Waals surface area contributed by atoms with E-state index >= 15 is 0 Å². The molecule has 2 rings (SSSR count). The fourth-order valence-electron chi connectivity index (χ4n) is 2.27. The summed E-state index contributed by atoms with van der Waals surface area (Å²) < 4.78 is 26.2. The molecule has 3 N–H and O–H groups in total. The van der Waals surface area contributed by atoms with E-state index in [2.05, 4.69) is 17.6 Å². The summed E-state index contributed by atoms with van der Waals surface area (Å²) in [4.78, 5) is 22.7. The maximum Gasteiger partial charge on any atom is 0.337 e. The van der Waals surface area contributed by atoms with Crippen LogP contribution in [0.5, 0.6) is 0 Å². The van der Waals surface area contributed by atoms with Gasteiger partial charge >= 0.3 is 12.0 Å². The lowest BCUT2D eigenvalue weighted by Crippen LogP contribution is -2.32. The van der Waals surface area contributed by atoms with Gasteiger partial charge in [0.15, 0.2) is 11.6 Å². The Morgan fingerprint density at radius 2 is 2.00 bits per heavy atom. The minimum Gasteiger partial charge on any atom is -0.478 e. The number of aromatic carboxylic acids is 1. The van der Waals surface area contributed by atoms with Crippen molar-refractivity contribution < 1.29 is 23.5 Å². The van der Waals surface area contributed by atoms with Crippen LogP contribution in [-0.4, -0.2) is 23.1 Å². The number of anilines is 1. The molecule has 1 saturated carbocycles. The first-order valence-corrected chi connectivity index (χ1v) is 6.72. The fraction of sp³-hybridized carbons (Fsp3) is 0.429. The van der Waals surface area contributed by atoms with Crippen LogP contribution in [0, 0.1) is 17.6 Å². The Kier molecular flexibility index (Phi) is 4.40. The second-order valence-corrected chi connectivity index (χ2v) is 5.11. The highest BCUT2D eigenvalue weighted by molar-refractivity contribution is 6.00. The van der Waals surface area contributed by atoms with Crippen LogP contribution in [0.2, 0.25) is 0 Å². The van der Waals surface area contributed by atoms with Crippen LogP contribution in [0.4, 0.5) is 19.3 Å². The number of carboxylic acids is 1. The SMILES string of the molecule is CCCC1CC1NC(=O)Nc1cc(F)c(F)cc1C(=O)O. The molecule has 2 unspecified atom stereocenters. The second-order valence-electron chi connectivity index (χ2n) is 5.11. The Labute approximate surface area is 120 Å². The molecule has 0 aromatic heterocycles. The topological polar surface area (TPSA) is 78.4 Å². The van der Waals surface area contributed by atoms with Crippen LogP contribution in [0.25, 0.3) is 0 Å². The molecular weight excluding hydrogens is 282 g/mol. The van der Waals surface area contributed by atoms with Gasteiger partial charge in [-0.2, -0.15) is 0 Å². The monoisotopic (exact) mass is 298 g/mol. The average Bonchev–Trinajstić information content (AvgIpc) is 3.11. The lowest BCUT2D eigenvalue weighted by molar-refractivity contribution is 0.0697. The summed E-state index contributed by atoms with van der Waals surface area (Å²) >= 11 is 0. The van der Waals surface area contributed by atoms with E-state index in [0.29, 0.717) is 18.1 Å². The third kappa shape index (κ3) is 3.68. The Morgan fingerprint density at radius 1 is 1.33 bits per heavy atom. The van der Waals surface area contributed by atoms with Gasteiger partial charge in [0.05, 0.1) is 11.3 Å². The van der Waals surface area contributed by atoms with Crippen molar-refractivity contribution in [3.05, 3.63) is 29.3 Å². The van der Waals surface area contributed by atoms with Crippen LogP contribution >= 0.6 is 0 Å². The second kappa shape index (κ2) is 6.07. The van der Waals surface area contributed by atoms with Gasteiger partial charge in [0.2, 0.25) is 0 Å². The Balaban J connectivity index is 2.04. The van der Waals surface area contributed by atoms with Crippen molar-refractivity contribution in [3.63, 3.8) is 0 Å². The van der Waals surface area contributed by atoms with Gasteiger partial charge in [0.1, 0.15) is 0 Å². The zero-order valence-electron chi connectivity index (χ0n) is 11.5. The van der Waals surface area contributed by atoms with Crippen molar-refractivity contribution in [1.82, 2.24) is 5.32 Å². The summed E-state index contributed by atoms with van der Waals surface area (Å²) in [5.74, 6) is -3.50. The molecule has 114 valence electrons. The Bertz CT molecular complexity index is 578. The van der Waals surface area contributed by atoms with Gasteiger partial charge in [0, 0.05) is 12.1 Å². The summed E-state index contributed by atoms with van der Waals surface area (Å²) in [5.41, 5.74) is -0.767. The van der Waals surface area contributed by atoms with E-state index < -0.39 is 29.2 Å². The first kappa shape index (κ1) is 15.2. The van der Waals surface area contributed by atoms with Crippen LogP contribution in [0.3, 0.4) is 0 Å². The molecule has 0 saturated heterocycles. The molecule has 2 amide bonds. The lowest BCUT2D eigenvalue weighted by Gasteiger charge is -2.10. The number of halogens is 2. The van der Waals surface area contributed by atoms with E-state index in [1.807, 2.05) is 0 Å². The first-order valence-electron chi connectivity index (χ1n) is 6.72. The standard InChI is InChI=1S/C14H16F2N2O3/c1-2-3-7-4-11(7)17-14(21)18-12-6-10(16)9(15)5-8(12)13(19)20/h5-7,11H,2-4H2,1H3,(H,19,20)(H2,17,18,21). The molecule has 2 atom stereocenters. The minimum absolute atomic E-state index is 0.0588. The molecule has 1 fully saturated rings. The van der Waals surface area contributed by atoms with Crippen molar-refractivity contribution in [1.29, 1.82) is 0 Å². The highest BCUT2D eigenvalue weighted by Gasteiger charge is 2.37. The number of urea groups is 1. The van der Waals surface area contributed by atoms with E-state index in [4.69, 9.17) is 5.11 Å². The molecule has 0 radical (unpaired) electrons. The predicted molar refractivity (Wildman–Crippen MR) is 72.3 cm³/mol. The Morgan fingerprint density at radius 3 is 2.62 bits per heavy atom. The molecule has 0 spiro atoms. The van der Waals surface area contributed by atoms with E-state index in [-0.39, 0.29) is 11.7 Å². The summed E-state index contributed by atoms with van der Waals surface area (Å²) in [5, 5.41) is 13.9. The zero-order valence-corrected chi connectivity index (χ0v) is 11.5. The van der Waals surface area contributed by atoms with Crippen molar-refractivity contribution in [3.8, 4) is 0 Å². The molecule has 1 aromatic carbocycles. The summed E-state index contributed by atoms with van der Waals surface area (Å²) in [6.07, 6.45) is 2.91. The van der Waals surface area contributed by atoms with Crippen LogP contribution in [-0.2, 0) is 0 Å². The third-order valence-electron chi connectivity index (χ3n) is 3.44. The summed E-state index contributed by atoms with van der Waals surface area (Å²) in [6.45, 7) is 2.05. The average molecular weight is 298 g/mol. The van der Waals surface area contributed by atoms with Crippen LogP contribution < -0.4 is 10.6 Å². The number of amides is 2. The molecule has 1 aliphatic rings. The van der Waals surface area contributed by atoms with Crippen molar-refractivity contribution in [2.75, 3.05) is 5.32 Å². The summed E-state index contributed by atoms with van der Waals surface area (Å²) in [6, 6.07) is 0.648.